The number of rotatable bonds is 2. The summed E-state index contributed by atoms with van der Waals surface area (Å²) >= 11 is 3.27. The second kappa shape index (κ2) is 3.42. The number of hydrogen-bond acceptors (Lipinski definition) is 2. The summed E-state index contributed by atoms with van der Waals surface area (Å²) in [6, 6.07) is 5.56. The van der Waals surface area contributed by atoms with Crippen molar-refractivity contribution in [3.8, 4) is 0 Å². The monoisotopic (exact) mass is 254 g/mol. The molecule has 1 N–H and O–H groups in total. The van der Waals surface area contributed by atoms with Crippen molar-refractivity contribution in [2.45, 2.75) is 6.42 Å². The number of fused-ring (bicyclic) bond motifs is 1. The SMILES string of the molecule is O=C(O)Cc1nc(Br)n2ccccc12. The van der Waals surface area contributed by atoms with Gasteiger partial charge in [-0.3, -0.25) is 9.20 Å². The van der Waals surface area contributed by atoms with Crippen molar-refractivity contribution < 1.29 is 9.90 Å². The molecule has 0 amide bonds. The van der Waals surface area contributed by atoms with Crippen LogP contribution >= 0.6 is 15.9 Å². The first-order valence-corrected chi connectivity index (χ1v) is 4.81. The van der Waals surface area contributed by atoms with Gasteiger partial charge in [-0.05, 0) is 28.1 Å². The molecule has 0 unspecified atom stereocenters. The van der Waals surface area contributed by atoms with Crippen LogP contribution in [0, 0.1) is 0 Å². The Morgan fingerprint density at radius 1 is 1.57 bits per heavy atom. The van der Waals surface area contributed by atoms with E-state index in [2.05, 4.69) is 20.9 Å². The Labute approximate surface area is 88.3 Å². The summed E-state index contributed by atoms with van der Waals surface area (Å²) in [6.07, 6.45) is 1.77. The summed E-state index contributed by atoms with van der Waals surface area (Å²) < 4.78 is 2.43. The van der Waals surface area contributed by atoms with Gasteiger partial charge < -0.3 is 5.11 Å². The lowest BCUT2D eigenvalue weighted by atomic mass is 10.2. The zero-order chi connectivity index (χ0) is 10.1. The Bertz CT molecular complexity index is 493. The smallest absolute Gasteiger partial charge is 0.309 e. The van der Waals surface area contributed by atoms with Crippen molar-refractivity contribution in [2.24, 2.45) is 0 Å². The maximum Gasteiger partial charge on any atom is 0.309 e. The van der Waals surface area contributed by atoms with Crippen LogP contribution in [0.4, 0.5) is 0 Å². The highest BCUT2D eigenvalue weighted by molar-refractivity contribution is 9.10. The Morgan fingerprint density at radius 2 is 2.36 bits per heavy atom. The highest BCUT2D eigenvalue weighted by Gasteiger charge is 2.10. The summed E-state index contributed by atoms with van der Waals surface area (Å²) in [6.45, 7) is 0. The molecule has 4 nitrogen and oxygen atoms in total. The van der Waals surface area contributed by atoms with Crippen molar-refractivity contribution in [2.75, 3.05) is 0 Å². The predicted molar refractivity (Wildman–Crippen MR) is 54.2 cm³/mol. The number of halogens is 1. The fourth-order valence-corrected chi connectivity index (χ4v) is 1.86. The van der Waals surface area contributed by atoms with Crippen LogP contribution in [0.3, 0.4) is 0 Å². The van der Waals surface area contributed by atoms with Crippen molar-refractivity contribution in [1.82, 2.24) is 9.38 Å². The van der Waals surface area contributed by atoms with E-state index in [9.17, 15) is 4.79 Å². The number of nitrogens with zero attached hydrogens (tertiary/aromatic N) is 2. The normalized spacial score (nSPS) is 10.6. The van der Waals surface area contributed by atoms with Gasteiger partial charge in [0.15, 0.2) is 4.73 Å². The van der Waals surface area contributed by atoms with E-state index < -0.39 is 5.97 Å². The molecule has 0 saturated heterocycles. The minimum absolute atomic E-state index is 0.0564. The zero-order valence-electron chi connectivity index (χ0n) is 7.14. The molecule has 14 heavy (non-hydrogen) atoms. The molecule has 0 aromatic carbocycles. The van der Waals surface area contributed by atoms with E-state index in [1.807, 2.05) is 24.4 Å². The van der Waals surface area contributed by atoms with Gasteiger partial charge in [0.1, 0.15) is 0 Å². The molecule has 0 radical (unpaired) electrons. The van der Waals surface area contributed by atoms with Crippen LogP contribution in [0.25, 0.3) is 5.52 Å². The topological polar surface area (TPSA) is 54.6 Å². The third kappa shape index (κ3) is 1.50. The second-order valence-electron chi connectivity index (χ2n) is 2.85. The molecule has 0 saturated carbocycles. The van der Waals surface area contributed by atoms with E-state index >= 15 is 0 Å². The molecular weight excluding hydrogens is 248 g/mol. The molecule has 0 fully saturated rings. The summed E-state index contributed by atoms with van der Waals surface area (Å²) in [5, 5.41) is 8.67. The highest BCUT2D eigenvalue weighted by Crippen LogP contribution is 2.17. The van der Waals surface area contributed by atoms with Crippen molar-refractivity contribution in [1.29, 1.82) is 0 Å². The largest absolute Gasteiger partial charge is 0.481 e. The summed E-state index contributed by atoms with van der Waals surface area (Å²) in [5.74, 6) is -0.874. The third-order valence-corrected chi connectivity index (χ3v) is 2.46. The Kier molecular flexibility index (Phi) is 2.25. The van der Waals surface area contributed by atoms with Crippen LogP contribution in [0.15, 0.2) is 29.1 Å². The lowest BCUT2D eigenvalue weighted by Gasteiger charge is -1.94. The van der Waals surface area contributed by atoms with Gasteiger partial charge in [-0.15, -0.1) is 0 Å². The Morgan fingerprint density at radius 3 is 3.07 bits per heavy atom. The molecule has 72 valence electrons. The molecule has 0 aliphatic rings. The van der Waals surface area contributed by atoms with E-state index in [4.69, 9.17) is 5.11 Å². The van der Waals surface area contributed by atoms with Crippen molar-refractivity contribution in [3.05, 3.63) is 34.8 Å². The number of carbonyl (C=O) groups is 1. The van der Waals surface area contributed by atoms with Gasteiger partial charge in [0.2, 0.25) is 0 Å². The van der Waals surface area contributed by atoms with Gasteiger partial charge in [-0.25, -0.2) is 4.98 Å². The van der Waals surface area contributed by atoms with Crippen LogP contribution in [-0.2, 0) is 11.2 Å². The number of hydrogen-bond donors (Lipinski definition) is 1. The van der Waals surface area contributed by atoms with Crippen molar-refractivity contribution in [3.63, 3.8) is 0 Å². The summed E-state index contributed by atoms with van der Waals surface area (Å²) in [7, 11) is 0. The fourth-order valence-electron chi connectivity index (χ4n) is 1.34. The van der Waals surface area contributed by atoms with E-state index in [1.54, 1.807) is 4.40 Å². The van der Waals surface area contributed by atoms with Gasteiger partial charge in [0, 0.05) is 6.20 Å². The maximum absolute atomic E-state index is 10.6. The molecule has 5 heteroatoms. The average molecular weight is 255 g/mol. The number of aliphatic carboxylic acids is 1. The van der Waals surface area contributed by atoms with Gasteiger partial charge in [0.05, 0.1) is 17.6 Å². The first kappa shape index (κ1) is 9.21. The van der Waals surface area contributed by atoms with Crippen LogP contribution in [0.1, 0.15) is 5.69 Å². The fraction of sp³-hybridized carbons (Fsp3) is 0.111. The van der Waals surface area contributed by atoms with Gasteiger partial charge in [0.25, 0.3) is 0 Å². The molecule has 2 aromatic heterocycles. The molecular formula is C9H7BrN2O2. The highest BCUT2D eigenvalue weighted by atomic mass is 79.9. The first-order chi connectivity index (χ1) is 6.68. The van der Waals surface area contributed by atoms with E-state index in [0.717, 1.165) is 5.52 Å². The quantitative estimate of drug-likeness (QED) is 0.888. The van der Waals surface area contributed by atoms with Crippen LogP contribution in [-0.4, -0.2) is 20.5 Å². The second-order valence-corrected chi connectivity index (χ2v) is 3.56. The molecule has 2 heterocycles. The number of pyridine rings is 1. The first-order valence-electron chi connectivity index (χ1n) is 4.02. The predicted octanol–water partition coefficient (Wildman–Crippen LogP) is 1.72. The molecule has 0 aliphatic heterocycles. The molecule has 0 atom stereocenters. The van der Waals surface area contributed by atoms with Crippen LogP contribution in [0.2, 0.25) is 0 Å². The number of carboxylic acids is 1. The van der Waals surface area contributed by atoms with Crippen molar-refractivity contribution >= 4 is 27.4 Å². The third-order valence-electron chi connectivity index (χ3n) is 1.90. The Balaban J connectivity index is 2.60. The van der Waals surface area contributed by atoms with Gasteiger partial charge in [-0.2, -0.15) is 0 Å². The molecule has 2 rings (SSSR count). The maximum atomic E-state index is 10.6. The molecule has 2 aromatic rings. The van der Waals surface area contributed by atoms with E-state index in [0.29, 0.717) is 10.4 Å². The standard InChI is InChI=1S/C9H7BrN2O2/c10-9-11-6(5-8(13)14)7-3-1-2-4-12(7)9/h1-4H,5H2,(H,13,14). The molecule has 0 bridgehead atoms. The minimum Gasteiger partial charge on any atom is -0.481 e. The van der Waals surface area contributed by atoms with Crippen LogP contribution in [0.5, 0.6) is 0 Å². The Hall–Kier alpha value is -1.36. The number of imidazole rings is 1. The number of aromatic nitrogens is 2. The zero-order valence-corrected chi connectivity index (χ0v) is 8.73. The van der Waals surface area contributed by atoms with Crippen LogP contribution < -0.4 is 0 Å². The molecule has 0 spiro atoms. The summed E-state index contributed by atoms with van der Waals surface area (Å²) in [4.78, 5) is 14.7. The van der Waals surface area contributed by atoms with E-state index in [-0.39, 0.29) is 6.42 Å². The summed E-state index contributed by atoms with van der Waals surface area (Å²) in [5.41, 5.74) is 1.40. The lowest BCUT2D eigenvalue weighted by Crippen LogP contribution is -2.00. The lowest BCUT2D eigenvalue weighted by molar-refractivity contribution is -0.136. The minimum atomic E-state index is -0.874. The number of carboxylic acid groups (broad SMARTS) is 1. The van der Waals surface area contributed by atoms with Gasteiger partial charge >= 0.3 is 5.97 Å². The van der Waals surface area contributed by atoms with Gasteiger partial charge in [-0.1, -0.05) is 6.07 Å². The van der Waals surface area contributed by atoms with E-state index in [1.165, 1.54) is 0 Å². The average Bonchev–Trinajstić information content (AvgIpc) is 2.44. The molecule has 0 aliphatic carbocycles.